The van der Waals surface area contributed by atoms with Crippen molar-refractivity contribution in [1.82, 2.24) is 14.5 Å². The van der Waals surface area contributed by atoms with Crippen LogP contribution in [0.2, 0.25) is 0 Å². The number of hydrogen-bond acceptors (Lipinski definition) is 3. The van der Waals surface area contributed by atoms with E-state index in [1.807, 2.05) is 54.7 Å². The molecule has 0 saturated heterocycles. The van der Waals surface area contributed by atoms with Crippen LogP contribution in [0.1, 0.15) is 50.3 Å². The molecule has 348 valence electrons. The van der Waals surface area contributed by atoms with Crippen LogP contribution in [0, 0.1) is 6.07 Å². The van der Waals surface area contributed by atoms with Crippen molar-refractivity contribution in [3.8, 4) is 89.7 Å². The minimum absolute atomic E-state index is 0. The normalized spacial score (nSPS) is 11.8. The van der Waals surface area contributed by atoms with Gasteiger partial charge in [0.15, 0.2) is 0 Å². The number of benzene rings is 9. The molecule has 0 aliphatic carbocycles. The Morgan fingerprint density at radius 3 is 1.61 bits per heavy atom. The zero-order chi connectivity index (χ0) is 47.8. The summed E-state index contributed by atoms with van der Waals surface area (Å²) < 4.78 is 2.26. The molecule has 1 unspecified atom stereocenters. The van der Waals surface area contributed by atoms with E-state index in [-0.39, 0.29) is 38.1 Å². The Morgan fingerprint density at radius 1 is 0.479 bits per heavy atom. The molecule has 1 N–H and O–H groups in total. The number of pyridine rings is 1. The fourth-order valence-electron chi connectivity index (χ4n) is 9.75. The average molecular weight is 1100 g/mol. The third-order valence-corrected chi connectivity index (χ3v) is 13.6. The van der Waals surface area contributed by atoms with Gasteiger partial charge in [0.05, 0.1) is 22.3 Å². The predicted octanol–water partition coefficient (Wildman–Crippen LogP) is 17.0. The van der Waals surface area contributed by atoms with E-state index < -0.39 is 0 Å². The summed E-state index contributed by atoms with van der Waals surface area (Å²) in [6.07, 6.45) is 1.91. The quantitative estimate of drug-likeness (QED) is 0.139. The van der Waals surface area contributed by atoms with Crippen molar-refractivity contribution in [2.24, 2.45) is 0 Å². The molecule has 0 radical (unpaired) electrons. The number of phenolic OH excluding ortho intramolecular Hbond substituents is 1. The van der Waals surface area contributed by atoms with Gasteiger partial charge in [0.2, 0.25) is 0 Å². The molecule has 0 bridgehead atoms. The van der Waals surface area contributed by atoms with Crippen LogP contribution in [0.4, 0.5) is 0 Å². The number of fused-ring (bicyclic) bond motifs is 1. The van der Waals surface area contributed by atoms with Crippen LogP contribution in [-0.2, 0) is 26.5 Å². The van der Waals surface area contributed by atoms with Crippen molar-refractivity contribution >= 4 is 11.0 Å². The number of hydrogen-bond donors (Lipinski definition) is 1. The average Bonchev–Trinajstić information content (AvgIpc) is 3.80. The van der Waals surface area contributed by atoms with E-state index in [0.717, 1.165) is 89.2 Å². The SMILES string of the molecule is CC(c1ccccc1)c1cccc(-c2ccnc(-c3[c-]c(-c4cccc5c4nc(-c4cccc(-c6ccccc6)c4O)n5-c4c(-c5ccccc5)cccc4-c4ccccc4)cc(C(C)(C)C)c3)c2)c1.[Pt]. The summed E-state index contributed by atoms with van der Waals surface area (Å²) in [7, 11) is 0. The van der Waals surface area contributed by atoms with Gasteiger partial charge in [0.1, 0.15) is 11.6 Å². The molecule has 9 aromatic carbocycles. The summed E-state index contributed by atoms with van der Waals surface area (Å²) in [5, 5.41) is 12.5. The fourth-order valence-corrected chi connectivity index (χ4v) is 9.75. The van der Waals surface area contributed by atoms with E-state index in [0.29, 0.717) is 11.4 Å². The first-order valence-electron chi connectivity index (χ1n) is 24.0. The summed E-state index contributed by atoms with van der Waals surface area (Å²) >= 11 is 0. The van der Waals surface area contributed by atoms with Gasteiger partial charge in [-0.25, -0.2) is 4.98 Å². The van der Waals surface area contributed by atoms with Crippen LogP contribution in [0.25, 0.3) is 95.0 Å². The van der Waals surface area contributed by atoms with Crippen LogP contribution < -0.4 is 0 Å². The van der Waals surface area contributed by atoms with E-state index in [1.54, 1.807) is 0 Å². The summed E-state index contributed by atoms with van der Waals surface area (Å²) in [5.74, 6) is 1.05. The summed E-state index contributed by atoms with van der Waals surface area (Å²) in [6.45, 7) is 9.02. The van der Waals surface area contributed by atoms with Crippen LogP contribution in [0.5, 0.6) is 5.75 Å². The zero-order valence-electron chi connectivity index (χ0n) is 40.1. The van der Waals surface area contributed by atoms with Crippen molar-refractivity contribution in [3.05, 3.63) is 253 Å². The second-order valence-electron chi connectivity index (χ2n) is 19.1. The number of aromatic nitrogens is 3. The van der Waals surface area contributed by atoms with Crippen molar-refractivity contribution < 1.29 is 26.2 Å². The molecule has 2 aromatic heterocycles. The number of rotatable bonds is 10. The van der Waals surface area contributed by atoms with E-state index in [2.05, 4.69) is 214 Å². The largest absolute Gasteiger partial charge is 0.507 e. The van der Waals surface area contributed by atoms with Crippen LogP contribution in [-0.4, -0.2) is 19.6 Å². The predicted molar refractivity (Wildman–Crippen MR) is 290 cm³/mol. The molecule has 0 spiro atoms. The third-order valence-electron chi connectivity index (χ3n) is 13.6. The first-order chi connectivity index (χ1) is 34.2. The van der Waals surface area contributed by atoms with Gasteiger partial charge in [-0.3, -0.25) is 9.55 Å². The maximum atomic E-state index is 12.5. The number of para-hydroxylation sites is 3. The molecular weight excluding hydrogens is 1050 g/mol. The van der Waals surface area contributed by atoms with Gasteiger partial charge in [-0.2, -0.15) is 0 Å². The molecule has 11 aromatic rings. The van der Waals surface area contributed by atoms with Gasteiger partial charge in [0.25, 0.3) is 0 Å². The third kappa shape index (κ3) is 9.20. The first-order valence-corrected chi connectivity index (χ1v) is 24.0. The summed E-state index contributed by atoms with van der Waals surface area (Å²) in [5.41, 5.74) is 18.5. The molecule has 71 heavy (non-hydrogen) atoms. The van der Waals surface area contributed by atoms with Crippen molar-refractivity contribution in [3.63, 3.8) is 0 Å². The maximum absolute atomic E-state index is 12.5. The van der Waals surface area contributed by atoms with Crippen molar-refractivity contribution in [2.75, 3.05) is 0 Å². The van der Waals surface area contributed by atoms with Gasteiger partial charge >= 0.3 is 0 Å². The van der Waals surface area contributed by atoms with Crippen LogP contribution in [0.15, 0.2) is 231 Å². The van der Waals surface area contributed by atoms with Gasteiger partial charge in [0, 0.05) is 55.6 Å². The minimum Gasteiger partial charge on any atom is -0.507 e. The topological polar surface area (TPSA) is 50.9 Å². The Balaban J connectivity index is 0.00000582. The smallest absolute Gasteiger partial charge is 0.148 e. The van der Waals surface area contributed by atoms with E-state index in [4.69, 9.17) is 9.97 Å². The van der Waals surface area contributed by atoms with Gasteiger partial charge in [-0.1, -0.05) is 233 Å². The fraction of sp³-hybridized carbons (Fsp3) is 0.0909. The molecule has 0 saturated carbocycles. The number of phenols is 1. The van der Waals surface area contributed by atoms with Crippen molar-refractivity contribution in [2.45, 2.75) is 39.0 Å². The van der Waals surface area contributed by atoms with E-state index in [9.17, 15) is 5.11 Å². The van der Waals surface area contributed by atoms with Gasteiger partial charge in [-0.05, 0) is 62.6 Å². The number of aromatic hydroxyl groups is 1. The van der Waals surface area contributed by atoms with Crippen LogP contribution >= 0.6 is 0 Å². The number of imidazole rings is 1. The van der Waals surface area contributed by atoms with Crippen molar-refractivity contribution in [1.29, 1.82) is 0 Å². The summed E-state index contributed by atoms with van der Waals surface area (Å²) in [4.78, 5) is 10.7. The Bertz CT molecular complexity index is 3600. The number of nitrogens with zero attached hydrogens (tertiary/aromatic N) is 3. The van der Waals surface area contributed by atoms with Gasteiger partial charge in [-0.15, -0.1) is 29.3 Å². The maximum Gasteiger partial charge on any atom is 0.148 e. The van der Waals surface area contributed by atoms with Gasteiger partial charge < -0.3 is 5.11 Å². The molecule has 0 fully saturated rings. The molecule has 0 aliphatic heterocycles. The second-order valence-corrected chi connectivity index (χ2v) is 19.1. The molecule has 0 amide bonds. The minimum atomic E-state index is -0.195. The molecule has 5 heteroatoms. The second kappa shape index (κ2) is 19.8. The Hall–Kier alpha value is -7.91. The molecule has 2 heterocycles. The Morgan fingerprint density at radius 2 is 0.972 bits per heavy atom. The van der Waals surface area contributed by atoms with Crippen LogP contribution in [0.3, 0.4) is 0 Å². The monoisotopic (exact) mass is 1100 g/mol. The zero-order valence-corrected chi connectivity index (χ0v) is 42.4. The molecule has 1 atom stereocenters. The molecular formula is C66H52N3OPt-. The standard InChI is InChI=1S/C66H52N3O.Pt/c1-44(45-21-9-5-10-22-45)49-29-17-30-50(39-49)51-37-38-67-60(43-51)53-40-52(41-54(42-53)66(2,3)4)55-31-20-36-61-62(55)68-65(59-35-19-34-58(64(59)70)48-27-15-8-16-28-48)69(61)63-56(46-23-11-6-12-24-46)32-18-33-57(63)47-25-13-7-14-26-47;/h5-39,41-44,70H,1-4H3;/q-1;. The van der Waals surface area contributed by atoms with E-state index >= 15 is 0 Å². The summed E-state index contributed by atoms with van der Waals surface area (Å²) in [6, 6.07) is 82.2. The molecule has 0 aliphatic rings. The molecule has 4 nitrogen and oxygen atoms in total. The Labute approximate surface area is 431 Å². The van der Waals surface area contributed by atoms with E-state index in [1.165, 1.54) is 11.1 Å². The Kier molecular flexibility index (Phi) is 13.1. The first kappa shape index (κ1) is 46.8. The molecule has 11 rings (SSSR count).